The molecule has 0 radical (unpaired) electrons. The second-order valence-electron chi connectivity index (χ2n) is 7.58. The van der Waals surface area contributed by atoms with Crippen molar-refractivity contribution in [2.45, 2.75) is 0 Å². The van der Waals surface area contributed by atoms with Gasteiger partial charge in [-0.25, -0.2) is 4.98 Å². The zero-order chi connectivity index (χ0) is 24.4. The molecule has 3 aromatic carbocycles. The first-order valence-electron chi connectivity index (χ1n) is 10.6. The molecule has 5 rings (SSSR count). The van der Waals surface area contributed by atoms with E-state index in [2.05, 4.69) is 10.3 Å². The van der Waals surface area contributed by atoms with E-state index in [1.54, 1.807) is 61.7 Å². The van der Waals surface area contributed by atoms with Crippen LogP contribution in [0.3, 0.4) is 0 Å². The summed E-state index contributed by atoms with van der Waals surface area (Å²) < 4.78 is 16.9. The molecule has 0 atom stereocenters. The van der Waals surface area contributed by atoms with Gasteiger partial charge in [0.2, 0.25) is 11.8 Å². The first-order chi connectivity index (χ1) is 17.0. The molecule has 0 bridgehead atoms. The number of ether oxygens (including phenoxy) is 1. The smallest absolute Gasteiger partial charge is 0.248 e. The van der Waals surface area contributed by atoms with Crippen LogP contribution in [0.15, 0.2) is 87.7 Å². The van der Waals surface area contributed by atoms with Gasteiger partial charge in [-0.15, -0.1) is 0 Å². The summed E-state index contributed by atoms with van der Waals surface area (Å²) in [6.45, 7) is 0. The average molecular weight is 505 g/mol. The lowest BCUT2D eigenvalue weighted by Crippen LogP contribution is -2.07. The SMILES string of the molecule is COc1ccc2oc(-c3cccc(NC(=O)/C=C/c4ccc(-c5ccc(Cl)cc5Cl)o4)c3)nc2c1. The van der Waals surface area contributed by atoms with Gasteiger partial charge in [0.1, 0.15) is 22.8 Å². The second-order valence-corrected chi connectivity index (χ2v) is 8.43. The molecule has 1 amide bonds. The number of halogens is 2. The molecule has 8 heteroatoms. The van der Waals surface area contributed by atoms with Crippen LogP contribution in [-0.2, 0) is 4.79 Å². The molecule has 5 aromatic rings. The highest BCUT2D eigenvalue weighted by molar-refractivity contribution is 6.36. The van der Waals surface area contributed by atoms with Crippen LogP contribution in [0, 0.1) is 0 Å². The quantitative estimate of drug-likeness (QED) is 0.239. The van der Waals surface area contributed by atoms with Crippen molar-refractivity contribution < 1.29 is 18.4 Å². The van der Waals surface area contributed by atoms with Crippen LogP contribution in [-0.4, -0.2) is 18.0 Å². The van der Waals surface area contributed by atoms with Crippen molar-refractivity contribution in [3.63, 3.8) is 0 Å². The van der Waals surface area contributed by atoms with Crippen LogP contribution < -0.4 is 10.1 Å². The third-order valence-electron chi connectivity index (χ3n) is 5.19. The zero-order valence-corrected chi connectivity index (χ0v) is 19.9. The van der Waals surface area contributed by atoms with Gasteiger partial charge < -0.3 is 18.9 Å². The van der Waals surface area contributed by atoms with Gasteiger partial charge >= 0.3 is 0 Å². The Morgan fingerprint density at radius 3 is 2.71 bits per heavy atom. The molecule has 2 aromatic heterocycles. The topological polar surface area (TPSA) is 77.5 Å². The summed E-state index contributed by atoms with van der Waals surface area (Å²) in [5, 5.41) is 3.86. The van der Waals surface area contributed by atoms with Crippen LogP contribution in [0.1, 0.15) is 5.76 Å². The maximum atomic E-state index is 12.5. The molecule has 1 N–H and O–H groups in total. The van der Waals surface area contributed by atoms with Gasteiger partial charge in [-0.05, 0) is 66.7 Å². The number of fused-ring (bicyclic) bond motifs is 1. The van der Waals surface area contributed by atoms with Gasteiger partial charge in [-0.3, -0.25) is 4.79 Å². The van der Waals surface area contributed by atoms with Gasteiger partial charge in [0.25, 0.3) is 0 Å². The van der Waals surface area contributed by atoms with E-state index in [4.69, 9.17) is 36.8 Å². The van der Waals surface area contributed by atoms with E-state index in [0.717, 1.165) is 11.1 Å². The summed E-state index contributed by atoms with van der Waals surface area (Å²) in [7, 11) is 1.60. The number of aromatic nitrogens is 1. The number of amides is 1. The molecule has 0 aliphatic heterocycles. The maximum absolute atomic E-state index is 12.5. The molecule has 0 aliphatic rings. The standard InChI is InChI=1S/C27H18Cl2N2O4/c1-33-20-7-11-25-23(15-20)31-27(35-25)16-3-2-4-18(13-16)30-26(32)12-8-19-6-10-24(34-19)21-9-5-17(28)14-22(21)29/h2-15H,1H3,(H,30,32)/b12-8+. The fourth-order valence-electron chi connectivity index (χ4n) is 3.51. The summed E-state index contributed by atoms with van der Waals surface area (Å²) in [5.41, 5.74) is 3.39. The lowest BCUT2D eigenvalue weighted by Gasteiger charge is -2.03. The van der Waals surface area contributed by atoms with E-state index in [9.17, 15) is 4.79 Å². The first-order valence-corrected chi connectivity index (χ1v) is 11.3. The highest BCUT2D eigenvalue weighted by atomic mass is 35.5. The van der Waals surface area contributed by atoms with E-state index in [1.165, 1.54) is 6.08 Å². The molecule has 2 heterocycles. The Kier molecular flexibility index (Phi) is 6.31. The fraction of sp³-hybridized carbons (Fsp3) is 0.0370. The number of hydrogen-bond donors (Lipinski definition) is 1. The molecular weight excluding hydrogens is 487 g/mol. The van der Waals surface area contributed by atoms with E-state index in [0.29, 0.717) is 50.0 Å². The number of methoxy groups -OCH3 is 1. The molecule has 6 nitrogen and oxygen atoms in total. The molecule has 0 saturated heterocycles. The van der Waals surface area contributed by atoms with Gasteiger partial charge in [0.05, 0.1) is 12.1 Å². The summed E-state index contributed by atoms with van der Waals surface area (Å²) in [4.78, 5) is 17.0. The number of hydrogen-bond acceptors (Lipinski definition) is 5. The molecule has 0 unspecified atom stereocenters. The number of rotatable bonds is 6. The predicted molar refractivity (Wildman–Crippen MR) is 138 cm³/mol. The van der Waals surface area contributed by atoms with Crippen molar-refractivity contribution in [2.24, 2.45) is 0 Å². The predicted octanol–water partition coefficient (Wildman–Crippen LogP) is 7.72. The zero-order valence-electron chi connectivity index (χ0n) is 18.4. The summed E-state index contributed by atoms with van der Waals surface area (Å²) >= 11 is 12.2. The Balaban J connectivity index is 1.29. The normalized spacial score (nSPS) is 11.3. The van der Waals surface area contributed by atoms with Crippen molar-refractivity contribution in [1.29, 1.82) is 0 Å². The number of nitrogens with zero attached hydrogens (tertiary/aromatic N) is 1. The molecule has 0 spiro atoms. The maximum Gasteiger partial charge on any atom is 0.248 e. The lowest BCUT2D eigenvalue weighted by molar-refractivity contribution is -0.111. The molecule has 0 fully saturated rings. The minimum Gasteiger partial charge on any atom is -0.497 e. The third-order valence-corrected chi connectivity index (χ3v) is 5.74. The Labute approximate surface area is 210 Å². The summed E-state index contributed by atoms with van der Waals surface area (Å²) in [6, 6.07) is 21.4. The number of nitrogens with one attached hydrogen (secondary N) is 1. The third kappa shape index (κ3) is 5.09. The molecule has 174 valence electrons. The van der Waals surface area contributed by atoms with Crippen LogP contribution in [0.5, 0.6) is 5.75 Å². The monoisotopic (exact) mass is 504 g/mol. The van der Waals surface area contributed by atoms with E-state index >= 15 is 0 Å². The highest BCUT2D eigenvalue weighted by Crippen LogP contribution is 2.32. The van der Waals surface area contributed by atoms with Crippen molar-refractivity contribution in [3.8, 4) is 28.5 Å². The van der Waals surface area contributed by atoms with Gasteiger partial charge in [0.15, 0.2) is 5.58 Å². The number of carbonyl (C=O) groups excluding carboxylic acids is 1. The minimum absolute atomic E-state index is 0.313. The van der Waals surface area contributed by atoms with Gasteiger partial charge in [0, 0.05) is 34.0 Å². The Morgan fingerprint density at radius 1 is 1.00 bits per heavy atom. The molecule has 0 aliphatic carbocycles. The van der Waals surface area contributed by atoms with Gasteiger partial charge in [-0.1, -0.05) is 29.3 Å². The molecular formula is C27H18Cl2N2O4. The van der Waals surface area contributed by atoms with E-state index < -0.39 is 0 Å². The van der Waals surface area contributed by atoms with Crippen LogP contribution in [0.2, 0.25) is 10.0 Å². The Bertz CT molecular complexity index is 1570. The summed E-state index contributed by atoms with van der Waals surface area (Å²) in [6.07, 6.45) is 2.98. The van der Waals surface area contributed by atoms with Crippen molar-refractivity contribution >= 4 is 52.0 Å². The van der Waals surface area contributed by atoms with E-state index in [-0.39, 0.29) is 5.91 Å². The summed E-state index contributed by atoms with van der Waals surface area (Å²) in [5.74, 6) is 1.92. The van der Waals surface area contributed by atoms with Crippen LogP contribution in [0.25, 0.3) is 40.0 Å². The molecule has 0 saturated carbocycles. The minimum atomic E-state index is -0.313. The number of benzene rings is 3. The van der Waals surface area contributed by atoms with Crippen LogP contribution in [0.4, 0.5) is 5.69 Å². The van der Waals surface area contributed by atoms with Crippen molar-refractivity contribution in [2.75, 3.05) is 12.4 Å². The molecule has 35 heavy (non-hydrogen) atoms. The number of anilines is 1. The number of furan rings is 1. The number of carbonyl (C=O) groups is 1. The van der Waals surface area contributed by atoms with Crippen molar-refractivity contribution in [3.05, 3.63) is 94.7 Å². The second kappa shape index (κ2) is 9.70. The fourth-order valence-corrected chi connectivity index (χ4v) is 4.01. The Morgan fingerprint density at radius 2 is 1.89 bits per heavy atom. The average Bonchev–Trinajstić information content (AvgIpc) is 3.49. The van der Waals surface area contributed by atoms with Crippen molar-refractivity contribution in [1.82, 2.24) is 4.98 Å². The number of oxazole rings is 1. The van der Waals surface area contributed by atoms with Gasteiger partial charge in [-0.2, -0.15) is 0 Å². The lowest BCUT2D eigenvalue weighted by atomic mass is 10.2. The van der Waals surface area contributed by atoms with E-state index in [1.807, 2.05) is 24.3 Å². The Hall–Kier alpha value is -4.00. The highest BCUT2D eigenvalue weighted by Gasteiger charge is 2.11. The largest absolute Gasteiger partial charge is 0.497 e. The first kappa shape index (κ1) is 22.8. The van der Waals surface area contributed by atoms with Crippen LogP contribution >= 0.6 is 23.2 Å².